The van der Waals surface area contributed by atoms with Crippen molar-refractivity contribution in [3.63, 3.8) is 0 Å². The van der Waals surface area contributed by atoms with Gasteiger partial charge in [-0.2, -0.15) is 12.6 Å². The van der Waals surface area contributed by atoms with Crippen molar-refractivity contribution in [2.45, 2.75) is 64.6 Å². The molecule has 4 atom stereocenters. The van der Waals surface area contributed by atoms with Gasteiger partial charge >= 0.3 is 8.56 Å². The highest BCUT2D eigenvalue weighted by Gasteiger charge is 2.36. The van der Waals surface area contributed by atoms with Crippen molar-refractivity contribution in [1.82, 2.24) is 4.90 Å². The molecule has 0 radical (unpaired) electrons. The summed E-state index contributed by atoms with van der Waals surface area (Å²) < 4.78 is 12.3. The number of thiol groups is 1. The second-order valence-electron chi connectivity index (χ2n) is 5.79. The predicted octanol–water partition coefficient (Wildman–Crippen LogP) is 3.75. The second kappa shape index (κ2) is 9.40. The van der Waals surface area contributed by atoms with E-state index in [-0.39, 0.29) is 6.23 Å². The van der Waals surface area contributed by atoms with Gasteiger partial charge in [-0.05, 0) is 52.9 Å². The maximum absolute atomic E-state index is 6.25. The SMILES string of the molecule is CCCC(S)C(C)C[Si](C)(OCC)OC(C)N(C)C. The summed E-state index contributed by atoms with van der Waals surface area (Å²) in [5.74, 6) is 0.529. The van der Waals surface area contributed by atoms with Crippen molar-refractivity contribution in [2.75, 3.05) is 20.7 Å². The molecule has 0 saturated heterocycles. The molecule has 0 spiro atoms. The smallest absolute Gasteiger partial charge is 0.336 e. The number of hydrogen-bond donors (Lipinski definition) is 1. The van der Waals surface area contributed by atoms with E-state index in [0.29, 0.717) is 11.2 Å². The largest absolute Gasteiger partial charge is 0.395 e. The van der Waals surface area contributed by atoms with Crippen LogP contribution in [0.3, 0.4) is 0 Å². The molecular formula is C14H33NO2SSi. The molecule has 0 fully saturated rings. The van der Waals surface area contributed by atoms with Gasteiger partial charge in [0.15, 0.2) is 0 Å². The van der Waals surface area contributed by atoms with Crippen molar-refractivity contribution in [2.24, 2.45) is 5.92 Å². The summed E-state index contributed by atoms with van der Waals surface area (Å²) in [6, 6.07) is 1.01. The molecule has 0 heterocycles. The van der Waals surface area contributed by atoms with Crippen LogP contribution < -0.4 is 0 Å². The van der Waals surface area contributed by atoms with Crippen molar-refractivity contribution >= 4 is 21.2 Å². The molecule has 19 heavy (non-hydrogen) atoms. The summed E-state index contributed by atoms with van der Waals surface area (Å²) in [5.41, 5.74) is 0. The summed E-state index contributed by atoms with van der Waals surface area (Å²) in [7, 11) is 1.95. The van der Waals surface area contributed by atoms with Crippen LogP contribution in [0.4, 0.5) is 0 Å². The lowest BCUT2D eigenvalue weighted by Crippen LogP contribution is -2.47. The van der Waals surface area contributed by atoms with Crippen molar-refractivity contribution in [3.05, 3.63) is 0 Å². The fourth-order valence-electron chi connectivity index (χ4n) is 2.21. The van der Waals surface area contributed by atoms with E-state index in [9.17, 15) is 0 Å². The van der Waals surface area contributed by atoms with E-state index in [1.54, 1.807) is 0 Å². The van der Waals surface area contributed by atoms with E-state index < -0.39 is 8.56 Å². The van der Waals surface area contributed by atoms with E-state index in [0.717, 1.165) is 19.1 Å². The maximum atomic E-state index is 6.25. The van der Waals surface area contributed by atoms with Gasteiger partial charge in [0.25, 0.3) is 0 Å². The third-order valence-corrected chi connectivity index (χ3v) is 7.42. The van der Waals surface area contributed by atoms with E-state index in [1.165, 1.54) is 6.42 Å². The molecule has 3 nitrogen and oxygen atoms in total. The van der Waals surface area contributed by atoms with Gasteiger partial charge in [-0.25, -0.2) is 0 Å². The van der Waals surface area contributed by atoms with Crippen LogP contribution in [-0.2, 0) is 8.85 Å². The highest BCUT2D eigenvalue weighted by Crippen LogP contribution is 2.27. The van der Waals surface area contributed by atoms with Crippen LogP contribution >= 0.6 is 12.6 Å². The molecule has 5 heteroatoms. The first-order valence-corrected chi connectivity index (χ1v) is 10.5. The minimum atomic E-state index is -2.12. The van der Waals surface area contributed by atoms with Crippen LogP contribution in [-0.4, -0.2) is 45.6 Å². The van der Waals surface area contributed by atoms with Crippen molar-refractivity contribution in [1.29, 1.82) is 0 Å². The van der Waals surface area contributed by atoms with Crippen molar-refractivity contribution < 1.29 is 8.85 Å². The second-order valence-corrected chi connectivity index (χ2v) is 9.65. The average molecular weight is 308 g/mol. The van der Waals surface area contributed by atoms with E-state index in [2.05, 4.69) is 32.2 Å². The zero-order chi connectivity index (χ0) is 15.1. The first kappa shape index (κ1) is 19.4. The first-order chi connectivity index (χ1) is 8.75. The number of nitrogens with zero attached hydrogens (tertiary/aromatic N) is 1. The first-order valence-electron chi connectivity index (χ1n) is 7.42. The fraction of sp³-hybridized carbons (Fsp3) is 1.00. The molecule has 0 amide bonds. The molecule has 0 aliphatic carbocycles. The minimum Gasteiger partial charge on any atom is -0.395 e. The van der Waals surface area contributed by atoms with E-state index in [1.807, 2.05) is 21.0 Å². The minimum absolute atomic E-state index is 0.0972. The van der Waals surface area contributed by atoms with Crippen LogP contribution in [0, 0.1) is 5.92 Å². The maximum Gasteiger partial charge on any atom is 0.336 e. The molecule has 0 N–H and O–H groups in total. The quantitative estimate of drug-likeness (QED) is 0.377. The predicted molar refractivity (Wildman–Crippen MR) is 89.1 cm³/mol. The summed E-state index contributed by atoms with van der Waals surface area (Å²) in [4.78, 5) is 2.08. The fourth-order valence-corrected chi connectivity index (χ4v) is 6.06. The third kappa shape index (κ3) is 7.71. The van der Waals surface area contributed by atoms with Crippen LogP contribution in [0.15, 0.2) is 0 Å². The molecule has 116 valence electrons. The normalized spacial score (nSPS) is 20.1. The highest BCUT2D eigenvalue weighted by atomic mass is 32.1. The third-order valence-electron chi connectivity index (χ3n) is 3.53. The van der Waals surface area contributed by atoms with Gasteiger partial charge in [0.1, 0.15) is 0 Å². The van der Waals surface area contributed by atoms with E-state index in [4.69, 9.17) is 21.5 Å². The summed E-state index contributed by atoms with van der Waals surface area (Å²) in [5, 5.41) is 0.440. The topological polar surface area (TPSA) is 21.7 Å². The lowest BCUT2D eigenvalue weighted by Gasteiger charge is -2.35. The standard InChI is InChI=1S/C14H33NO2SSi/c1-8-10-14(18)12(3)11-19(7,16-9-2)17-13(4)15(5)6/h12-14,18H,8-11H2,1-7H3. The molecule has 4 unspecified atom stereocenters. The van der Waals surface area contributed by atoms with Gasteiger partial charge < -0.3 is 8.85 Å². The average Bonchev–Trinajstić information content (AvgIpc) is 2.28. The summed E-state index contributed by atoms with van der Waals surface area (Å²) >= 11 is 4.72. The van der Waals surface area contributed by atoms with Gasteiger partial charge in [-0.15, -0.1) is 0 Å². The molecule has 0 aromatic rings. The van der Waals surface area contributed by atoms with Crippen LogP contribution in [0.5, 0.6) is 0 Å². The molecule has 0 aliphatic rings. The Morgan fingerprint density at radius 1 is 1.21 bits per heavy atom. The molecular weight excluding hydrogens is 274 g/mol. The monoisotopic (exact) mass is 307 g/mol. The highest BCUT2D eigenvalue weighted by molar-refractivity contribution is 7.81. The van der Waals surface area contributed by atoms with Crippen LogP contribution in [0.25, 0.3) is 0 Å². The Bertz CT molecular complexity index is 243. The summed E-state index contributed by atoms with van der Waals surface area (Å²) in [6.07, 6.45) is 2.43. The molecule has 0 bridgehead atoms. The molecule has 0 rings (SSSR count). The van der Waals surface area contributed by atoms with Crippen molar-refractivity contribution in [3.8, 4) is 0 Å². The Hall–Kier alpha value is 0.447. The van der Waals surface area contributed by atoms with Gasteiger partial charge in [0, 0.05) is 11.9 Å². The van der Waals surface area contributed by atoms with Gasteiger partial charge in [0.05, 0.1) is 6.23 Å². The van der Waals surface area contributed by atoms with Gasteiger partial charge in [0.2, 0.25) is 0 Å². The lowest BCUT2D eigenvalue weighted by atomic mass is 10.1. The number of hydrogen-bond acceptors (Lipinski definition) is 4. The Morgan fingerprint density at radius 2 is 1.79 bits per heavy atom. The van der Waals surface area contributed by atoms with Crippen LogP contribution in [0.1, 0.15) is 40.5 Å². The number of rotatable bonds is 10. The Balaban J connectivity index is 4.60. The Kier molecular flexibility index (Phi) is 9.62. The Labute approximate surface area is 126 Å². The lowest BCUT2D eigenvalue weighted by molar-refractivity contribution is 0.0368. The summed E-state index contributed by atoms with van der Waals surface area (Å²) in [6.45, 7) is 11.5. The van der Waals surface area contributed by atoms with E-state index >= 15 is 0 Å². The molecule has 0 aliphatic heterocycles. The molecule has 0 aromatic carbocycles. The van der Waals surface area contributed by atoms with Crippen LogP contribution in [0.2, 0.25) is 12.6 Å². The molecule has 0 aromatic heterocycles. The van der Waals surface area contributed by atoms with Gasteiger partial charge in [-0.3, -0.25) is 4.90 Å². The Morgan fingerprint density at radius 3 is 2.21 bits per heavy atom. The molecule has 0 saturated carbocycles. The van der Waals surface area contributed by atoms with Gasteiger partial charge in [-0.1, -0.05) is 20.3 Å². The zero-order valence-electron chi connectivity index (χ0n) is 13.8. The zero-order valence-corrected chi connectivity index (χ0v) is 15.7.